The zero-order valence-electron chi connectivity index (χ0n) is 17.0. The molecule has 0 radical (unpaired) electrons. The van der Waals surface area contributed by atoms with Gasteiger partial charge in [-0.3, -0.25) is 15.2 Å². The Morgan fingerprint density at radius 3 is 2.61 bits per heavy atom. The number of nitrogens with zero attached hydrogens (tertiary/aromatic N) is 5. The van der Waals surface area contributed by atoms with Gasteiger partial charge in [-0.1, -0.05) is 19.9 Å². The number of hydrogen-bond donors (Lipinski definition) is 1. The van der Waals surface area contributed by atoms with Crippen molar-refractivity contribution in [1.29, 1.82) is 0 Å². The lowest BCUT2D eigenvalue weighted by molar-refractivity contribution is 0.276. The average molecular weight is 377 g/mol. The van der Waals surface area contributed by atoms with Crippen LogP contribution in [0.15, 0.2) is 42.2 Å². The summed E-state index contributed by atoms with van der Waals surface area (Å²) in [4.78, 5) is 13.5. The molecule has 3 rings (SSSR count). The van der Waals surface area contributed by atoms with Crippen LogP contribution in [0.2, 0.25) is 0 Å². The van der Waals surface area contributed by atoms with Gasteiger partial charge < -0.3 is 4.57 Å². The van der Waals surface area contributed by atoms with Gasteiger partial charge in [-0.15, -0.1) is 0 Å². The van der Waals surface area contributed by atoms with Gasteiger partial charge in [0.15, 0.2) is 5.82 Å². The summed E-state index contributed by atoms with van der Waals surface area (Å²) in [5.41, 5.74) is 5.96. The number of fused-ring (bicyclic) bond motifs is 1. The van der Waals surface area contributed by atoms with Crippen LogP contribution in [0.5, 0.6) is 0 Å². The van der Waals surface area contributed by atoms with Gasteiger partial charge in [0.05, 0.1) is 5.52 Å². The average Bonchev–Trinajstić information content (AvgIpc) is 2.70. The van der Waals surface area contributed by atoms with Crippen molar-refractivity contribution < 1.29 is 5.21 Å². The normalized spacial score (nSPS) is 11.8. The molecule has 3 heterocycles. The minimum atomic E-state index is 0.455. The Balaban J connectivity index is 2.24. The molecule has 0 atom stereocenters. The molecule has 0 bridgehead atoms. The monoisotopic (exact) mass is 377 g/mol. The number of aryl methyl sites for hydroxylation is 2. The highest BCUT2D eigenvalue weighted by Crippen LogP contribution is 2.25. The third kappa shape index (κ3) is 3.68. The Kier molecular flexibility index (Phi) is 5.90. The second-order valence-electron chi connectivity index (χ2n) is 6.88. The van der Waals surface area contributed by atoms with E-state index in [1.54, 1.807) is 26.5 Å². The molecule has 0 spiro atoms. The molecule has 0 aliphatic heterocycles. The highest BCUT2D eigenvalue weighted by molar-refractivity contribution is 5.87. The van der Waals surface area contributed by atoms with Crippen LogP contribution in [0, 0.1) is 6.92 Å². The molecule has 0 unspecified atom stereocenters. The molecule has 0 saturated carbocycles. The van der Waals surface area contributed by atoms with Gasteiger partial charge >= 0.3 is 0 Å². The van der Waals surface area contributed by atoms with Gasteiger partial charge in [0.25, 0.3) is 0 Å². The van der Waals surface area contributed by atoms with E-state index in [-0.39, 0.29) is 0 Å². The van der Waals surface area contributed by atoms with Gasteiger partial charge in [0.2, 0.25) is 0 Å². The molecule has 1 N–H and O–H groups in total. The van der Waals surface area contributed by atoms with Crippen molar-refractivity contribution in [2.45, 2.75) is 33.1 Å². The van der Waals surface area contributed by atoms with E-state index < -0.39 is 0 Å². The Labute approximate surface area is 165 Å². The van der Waals surface area contributed by atoms with Crippen molar-refractivity contribution in [2.24, 2.45) is 4.99 Å². The van der Waals surface area contributed by atoms with Crippen molar-refractivity contribution in [2.75, 3.05) is 19.2 Å². The fraction of sp³-hybridized carbons (Fsp3) is 0.318. The molecule has 0 amide bonds. The van der Waals surface area contributed by atoms with Crippen molar-refractivity contribution in [3.63, 3.8) is 0 Å². The molecule has 0 aromatic carbocycles. The summed E-state index contributed by atoms with van der Waals surface area (Å²) in [6, 6.07) is 6.05. The van der Waals surface area contributed by atoms with E-state index in [1.807, 2.05) is 16.8 Å². The highest BCUT2D eigenvalue weighted by Gasteiger charge is 2.13. The topological polar surface area (TPSA) is 66.5 Å². The minimum Gasteiger partial charge on any atom is -0.301 e. The zero-order chi connectivity index (χ0) is 20.3. The van der Waals surface area contributed by atoms with E-state index >= 15 is 0 Å². The summed E-state index contributed by atoms with van der Waals surface area (Å²) in [7, 11) is 3.31. The first-order valence-corrected chi connectivity index (χ1v) is 9.49. The molecule has 0 aliphatic carbocycles. The van der Waals surface area contributed by atoms with Crippen LogP contribution in [0.4, 0.5) is 5.82 Å². The van der Waals surface area contributed by atoms with E-state index in [2.05, 4.69) is 47.5 Å². The SMILES string of the molecule is C=Cn1c(=NC)c(-c2cnc(CCCC)cc2C)cc2cnc(N(C)O)cc21. The quantitative estimate of drug-likeness (QED) is 0.654. The van der Waals surface area contributed by atoms with E-state index in [0.717, 1.165) is 57.5 Å². The van der Waals surface area contributed by atoms with Crippen molar-refractivity contribution >= 4 is 22.9 Å². The number of pyridine rings is 3. The number of anilines is 1. The summed E-state index contributed by atoms with van der Waals surface area (Å²) >= 11 is 0. The summed E-state index contributed by atoms with van der Waals surface area (Å²) in [6.07, 6.45) is 8.71. The minimum absolute atomic E-state index is 0.455. The Morgan fingerprint density at radius 2 is 2.00 bits per heavy atom. The largest absolute Gasteiger partial charge is 0.301 e. The third-order valence-electron chi connectivity index (χ3n) is 4.90. The first-order chi connectivity index (χ1) is 13.5. The molecule has 0 saturated heterocycles. The summed E-state index contributed by atoms with van der Waals surface area (Å²) in [5.74, 6) is 0.455. The lowest BCUT2D eigenvalue weighted by Crippen LogP contribution is -2.21. The predicted octanol–water partition coefficient (Wildman–Crippen LogP) is 4.21. The summed E-state index contributed by atoms with van der Waals surface area (Å²) in [5, 5.41) is 11.7. The molecule has 6 heteroatoms. The fourth-order valence-electron chi connectivity index (χ4n) is 3.41. The van der Waals surface area contributed by atoms with Crippen LogP contribution in [-0.2, 0) is 6.42 Å². The van der Waals surface area contributed by atoms with E-state index in [4.69, 9.17) is 0 Å². The molecule has 6 nitrogen and oxygen atoms in total. The van der Waals surface area contributed by atoms with Crippen molar-refractivity contribution in [3.05, 3.63) is 53.9 Å². The second kappa shape index (κ2) is 8.35. The number of rotatable bonds is 6. The van der Waals surface area contributed by atoms with Gasteiger partial charge in [0.1, 0.15) is 5.49 Å². The number of unbranched alkanes of at least 4 members (excludes halogenated alkanes) is 1. The first kappa shape index (κ1) is 19.8. The standard InChI is InChI=1S/C22H27N5O/c1-6-8-9-17-10-15(3)19(14-24-17)18-11-16-13-25-21(26(5)28)12-20(16)27(7-2)22(18)23-4/h7,10-14,28H,2,6,8-9H2,1,3-5H3. The lowest BCUT2D eigenvalue weighted by atomic mass is 10.0. The second-order valence-corrected chi connectivity index (χ2v) is 6.88. The number of hydroxylamine groups is 1. The maximum Gasteiger partial charge on any atom is 0.153 e. The van der Waals surface area contributed by atoms with E-state index in [1.165, 1.54) is 5.56 Å². The van der Waals surface area contributed by atoms with Gasteiger partial charge in [-0.25, -0.2) is 10.0 Å². The van der Waals surface area contributed by atoms with Crippen LogP contribution in [-0.4, -0.2) is 33.8 Å². The first-order valence-electron chi connectivity index (χ1n) is 9.49. The number of aromatic nitrogens is 3. The zero-order valence-corrected chi connectivity index (χ0v) is 17.0. The van der Waals surface area contributed by atoms with Gasteiger partial charge in [-0.05, 0) is 37.5 Å². The molecular weight excluding hydrogens is 350 g/mol. The molecule has 3 aromatic heterocycles. The number of hydrogen-bond acceptors (Lipinski definition) is 5. The van der Waals surface area contributed by atoms with Crippen LogP contribution < -0.4 is 10.6 Å². The Hall–Kier alpha value is -2.99. The smallest absolute Gasteiger partial charge is 0.153 e. The lowest BCUT2D eigenvalue weighted by Gasteiger charge is -2.16. The molecule has 28 heavy (non-hydrogen) atoms. The molecule has 0 aliphatic rings. The Morgan fingerprint density at radius 1 is 1.21 bits per heavy atom. The van der Waals surface area contributed by atoms with Gasteiger partial charge in [0, 0.05) is 61.0 Å². The maximum absolute atomic E-state index is 9.73. The molecular formula is C22H27N5O. The van der Waals surface area contributed by atoms with Crippen LogP contribution in [0.25, 0.3) is 28.2 Å². The van der Waals surface area contributed by atoms with Crippen molar-refractivity contribution in [3.8, 4) is 11.1 Å². The highest BCUT2D eigenvalue weighted by atomic mass is 16.5. The predicted molar refractivity (Wildman–Crippen MR) is 114 cm³/mol. The Bertz CT molecular complexity index is 1080. The van der Waals surface area contributed by atoms with E-state index in [0.29, 0.717) is 5.82 Å². The fourth-order valence-corrected chi connectivity index (χ4v) is 3.41. The van der Waals surface area contributed by atoms with Crippen LogP contribution in [0.1, 0.15) is 31.0 Å². The van der Waals surface area contributed by atoms with Crippen LogP contribution in [0.3, 0.4) is 0 Å². The summed E-state index contributed by atoms with van der Waals surface area (Å²) < 4.78 is 1.92. The molecule has 0 fully saturated rings. The molecule has 146 valence electrons. The van der Waals surface area contributed by atoms with Crippen molar-refractivity contribution in [1.82, 2.24) is 14.5 Å². The van der Waals surface area contributed by atoms with Gasteiger partial charge in [-0.2, -0.15) is 0 Å². The molecule has 3 aromatic rings. The van der Waals surface area contributed by atoms with Crippen LogP contribution >= 0.6 is 0 Å². The third-order valence-corrected chi connectivity index (χ3v) is 4.90. The van der Waals surface area contributed by atoms with E-state index in [9.17, 15) is 5.21 Å². The maximum atomic E-state index is 9.73. The summed E-state index contributed by atoms with van der Waals surface area (Å²) in [6.45, 7) is 8.26.